The zero-order valence-corrected chi connectivity index (χ0v) is 12.3. The molecule has 5 nitrogen and oxygen atoms in total. The SMILES string of the molecule is Cc1c(C(C)NC(=O)c2cccc3cc[nH]c23)cnn1C. The first-order chi connectivity index (χ1) is 10.1. The fourth-order valence-corrected chi connectivity index (χ4v) is 2.57. The van der Waals surface area contributed by atoms with Gasteiger partial charge in [-0.15, -0.1) is 0 Å². The van der Waals surface area contributed by atoms with Gasteiger partial charge >= 0.3 is 0 Å². The van der Waals surface area contributed by atoms with Crippen LogP contribution in [-0.4, -0.2) is 20.7 Å². The number of fused-ring (bicyclic) bond motifs is 1. The minimum Gasteiger partial charge on any atom is -0.361 e. The van der Waals surface area contributed by atoms with Crippen molar-refractivity contribution >= 4 is 16.8 Å². The molecule has 0 radical (unpaired) electrons. The number of rotatable bonds is 3. The molecule has 2 aromatic heterocycles. The fraction of sp³-hybridized carbons (Fsp3) is 0.250. The lowest BCUT2D eigenvalue weighted by Gasteiger charge is -2.14. The molecule has 3 rings (SSSR count). The van der Waals surface area contributed by atoms with Crippen LogP contribution in [0, 0.1) is 6.92 Å². The molecule has 0 saturated carbocycles. The zero-order chi connectivity index (χ0) is 15.0. The molecule has 0 bridgehead atoms. The van der Waals surface area contributed by atoms with Crippen molar-refractivity contribution in [2.24, 2.45) is 7.05 Å². The highest BCUT2D eigenvalue weighted by molar-refractivity contribution is 6.05. The van der Waals surface area contributed by atoms with Gasteiger partial charge in [-0.3, -0.25) is 9.48 Å². The number of nitrogens with one attached hydrogen (secondary N) is 2. The lowest BCUT2D eigenvalue weighted by molar-refractivity contribution is 0.0941. The van der Waals surface area contributed by atoms with Crippen molar-refractivity contribution in [1.29, 1.82) is 0 Å². The molecule has 2 heterocycles. The van der Waals surface area contributed by atoms with Gasteiger partial charge in [-0.1, -0.05) is 12.1 Å². The number of hydrogen-bond acceptors (Lipinski definition) is 2. The molecule has 21 heavy (non-hydrogen) atoms. The molecule has 108 valence electrons. The van der Waals surface area contributed by atoms with Gasteiger partial charge in [-0.2, -0.15) is 5.10 Å². The average molecular weight is 282 g/mol. The summed E-state index contributed by atoms with van der Waals surface area (Å²) in [6.07, 6.45) is 3.64. The number of carbonyl (C=O) groups is 1. The highest BCUT2D eigenvalue weighted by Gasteiger charge is 2.17. The maximum atomic E-state index is 12.5. The second-order valence-corrected chi connectivity index (χ2v) is 5.25. The first-order valence-electron chi connectivity index (χ1n) is 6.93. The minimum absolute atomic E-state index is 0.0844. The van der Waals surface area contributed by atoms with E-state index in [0.717, 1.165) is 22.2 Å². The van der Waals surface area contributed by atoms with E-state index in [-0.39, 0.29) is 11.9 Å². The summed E-state index contributed by atoms with van der Waals surface area (Å²) in [5.41, 5.74) is 3.61. The summed E-state index contributed by atoms with van der Waals surface area (Å²) in [7, 11) is 1.90. The Morgan fingerprint density at radius 3 is 2.90 bits per heavy atom. The molecule has 0 aliphatic heterocycles. The Kier molecular flexibility index (Phi) is 3.25. The molecule has 3 aromatic rings. The van der Waals surface area contributed by atoms with Gasteiger partial charge < -0.3 is 10.3 Å². The number of nitrogens with zero attached hydrogens (tertiary/aromatic N) is 2. The Morgan fingerprint density at radius 2 is 2.19 bits per heavy atom. The van der Waals surface area contributed by atoms with Gasteiger partial charge in [-0.25, -0.2) is 0 Å². The predicted octanol–water partition coefficient (Wildman–Crippen LogP) is 2.70. The van der Waals surface area contributed by atoms with Crippen LogP contribution in [0.2, 0.25) is 0 Å². The smallest absolute Gasteiger partial charge is 0.253 e. The standard InChI is InChI=1S/C16H18N4O/c1-10(14-9-18-20(3)11(14)2)19-16(21)13-6-4-5-12-7-8-17-15(12)13/h4-10,17H,1-3H3,(H,19,21). The Morgan fingerprint density at radius 1 is 1.38 bits per heavy atom. The third kappa shape index (κ3) is 2.31. The van der Waals surface area contributed by atoms with Gasteiger partial charge in [0.1, 0.15) is 0 Å². The summed E-state index contributed by atoms with van der Waals surface area (Å²) in [6.45, 7) is 3.97. The van der Waals surface area contributed by atoms with Crippen LogP contribution in [0.25, 0.3) is 10.9 Å². The monoisotopic (exact) mass is 282 g/mol. The van der Waals surface area contributed by atoms with E-state index >= 15 is 0 Å². The van der Waals surface area contributed by atoms with E-state index in [1.54, 1.807) is 6.20 Å². The van der Waals surface area contributed by atoms with Crippen LogP contribution in [0.1, 0.15) is 34.6 Å². The zero-order valence-electron chi connectivity index (χ0n) is 12.3. The molecular formula is C16H18N4O. The van der Waals surface area contributed by atoms with E-state index in [4.69, 9.17) is 0 Å². The lowest BCUT2D eigenvalue weighted by Crippen LogP contribution is -2.27. The topological polar surface area (TPSA) is 62.7 Å². The Balaban J connectivity index is 1.86. The molecule has 0 aliphatic rings. The first-order valence-corrected chi connectivity index (χ1v) is 6.93. The first kappa shape index (κ1) is 13.4. The number of aromatic nitrogens is 3. The van der Waals surface area contributed by atoms with Crippen molar-refractivity contribution in [1.82, 2.24) is 20.1 Å². The van der Waals surface area contributed by atoms with E-state index in [9.17, 15) is 4.79 Å². The van der Waals surface area contributed by atoms with Crippen molar-refractivity contribution in [3.05, 3.63) is 53.5 Å². The molecule has 1 atom stereocenters. The molecule has 0 fully saturated rings. The van der Waals surface area contributed by atoms with Gasteiger partial charge in [0.05, 0.1) is 23.3 Å². The van der Waals surface area contributed by atoms with E-state index in [1.807, 2.05) is 56.0 Å². The highest BCUT2D eigenvalue weighted by atomic mass is 16.1. The molecule has 0 spiro atoms. The van der Waals surface area contributed by atoms with Crippen molar-refractivity contribution in [2.45, 2.75) is 19.9 Å². The van der Waals surface area contributed by atoms with Gasteiger partial charge in [0, 0.05) is 29.9 Å². The molecule has 1 unspecified atom stereocenters. The molecule has 2 N–H and O–H groups in total. The summed E-state index contributed by atoms with van der Waals surface area (Å²) in [5.74, 6) is -0.0844. The maximum Gasteiger partial charge on any atom is 0.253 e. The number of amides is 1. The molecule has 1 aromatic carbocycles. The quantitative estimate of drug-likeness (QED) is 0.776. The Labute approximate surface area is 123 Å². The van der Waals surface area contributed by atoms with Crippen molar-refractivity contribution in [2.75, 3.05) is 0 Å². The van der Waals surface area contributed by atoms with E-state index in [0.29, 0.717) is 5.56 Å². The Hall–Kier alpha value is -2.56. The molecule has 1 amide bonds. The van der Waals surface area contributed by atoms with Crippen LogP contribution in [0.15, 0.2) is 36.7 Å². The number of aromatic amines is 1. The second kappa shape index (κ2) is 5.09. The normalized spacial score (nSPS) is 12.5. The predicted molar refractivity (Wildman–Crippen MR) is 82.1 cm³/mol. The molecular weight excluding hydrogens is 264 g/mol. The van der Waals surface area contributed by atoms with Gasteiger partial charge in [0.2, 0.25) is 0 Å². The van der Waals surface area contributed by atoms with Crippen LogP contribution in [0.3, 0.4) is 0 Å². The number of hydrogen-bond donors (Lipinski definition) is 2. The summed E-state index contributed by atoms with van der Waals surface area (Å²) in [5, 5.41) is 8.29. The number of H-pyrrole nitrogens is 1. The van der Waals surface area contributed by atoms with E-state index in [1.165, 1.54) is 0 Å². The van der Waals surface area contributed by atoms with Crippen LogP contribution >= 0.6 is 0 Å². The van der Waals surface area contributed by atoms with Crippen molar-refractivity contribution < 1.29 is 4.79 Å². The highest BCUT2D eigenvalue weighted by Crippen LogP contribution is 2.20. The second-order valence-electron chi connectivity index (χ2n) is 5.25. The van der Waals surface area contributed by atoms with Crippen LogP contribution in [-0.2, 0) is 7.05 Å². The number of benzene rings is 1. The lowest BCUT2D eigenvalue weighted by atomic mass is 10.1. The fourth-order valence-electron chi connectivity index (χ4n) is 2.57. The van der Waals surface area contributed by atoms with Crippen LogP contribution < -0.4 is 5.32 Å². The molecule has 5 heteroatoms. The van der Waals surface area contributed by atoms with Gasteiger partial charge in [-0.05, 0) is 26.0 Å². The Bertz CT molecular complexity index is 800. The van der Waals surface area contributed by atoms with Gasteiger partial charge in [0.25, 0.3) is 5.91 Å². The van der Waals surface area contributed by atoms with E-state index in [2.05, 4.69) is 15.4 Å². The van der Waals surface area contributed by atoms with Crippen molar-refractivity contribution in [3.63, 3.8) is 0 Å². The van der Waals surface area contributed by atoms with E-state index < -0.39 is 0 Å². The minimum atomic E-state index is -0.0866. The maximum absolute atomic E-state index is 12.5. The number of carbonyl (C=O) groups excluding carboxylic acids is 1. The number of para-hydroxylation sites is 1. The average Bonchev–Trinajstić information content (AvgIpc) is 3.06. The third-order valence-corrected chi connectivity index (χ3v) is 3.92. The summed E-state index contributed by atoms with van der Waals surface area (Å²) >= 11 is 0. The van der Waals surface area contributed by atoms with Crippen molar-refractivity contribution in [3.8, 4) is 0 Å². The summed E-state index contributed by atoms with van der Waals surface area (Å²) < 4.78 is 1.81. The van der Waals surface area contributed by atoms with Crippen LogP contribution in [0.4, 0.5) is 0 Å². The molecule has 0 aliphatic carbocycles. The van der Waals surface area contributed by atoms with Crippen LogP contribution in [0.5, 0.6) is 0 Å². The summed E-state index contributed by atoms with van der Waals surface area (Å²) in [6, 6.07) is 7.58. The number of aryl methyl sites for hydroxylation is 1. The summed E-state index contributed by atoms with van der Waals surface area (Å²) in [4.78, 5) is 15.6. The van der Waals surface area contributed by atoms with Gasteiger partial charge in [0.15, 0.2) is 0 Å². The molecule has 0 saturated heterocycles. The largest absolute Gasteiger partial charge is 0.361 e. The third-order valence-electron chi connectivity index (χ3n) is 3.92.